The van der Waals surface area contributed by atoms with E-state index >= 15 is 0 Å². The van der Waals surface area contributed by atoms with Crippen molar-refractivity contribution >= 4 is 11.8 Å². The van der Waals surface area contributed by atoms with Crippen LogP contribution in [-0.2, 0) is 16.0 Å². The van der Waals surface area contributed by atoms with Gasteiger partial charge < -0.3 is 14.6 Å². The van der Waals surface area contributed by atoms with E-state index < -0.39 is 5.97 Å². The Morgan fingerprint density at radius 1 is 1.08 bits per heavy atom. The number of hydrogen-bond acceptors (Lipinski definition) is 5. The fraction of sp³-hybridized carbons (Fsp3) is 0.263. The molecule has 2 rings (SSSR count). The quantitative estimate of drug-likeness (QED) is 0.624. The maximum Gasteiger partial charge on any atom is 0.343 e. The topological polar surface area (TPSA) is 72.8 Å². The van der Waals surface area contributed by atoms with Gasteiger partial charge in [0.05, 0.1) is 7.11 Å². The summed E-state index contributed by atoms with van der Waals surface area (Å²) in [6.45, 7) is 1.67. The number of phenols is 1. The molecule has 0 aromatic heterocycles. The zero-order valence-electron chi connectivity index (χ0n) is 13.7. The lowest BCUT2D eigenvalue weighted by molar-refractivity contribution is -0.142. The van der Waals surface area contributed by atoms with Crippen LogP contribution in [0.2, 0.25) is 0 Å². The summed E-state index contributed by atoms with van der Waals surface area (Å²) in [5.74, 6) is -0.782. The highest BCUT2D eigenvalue weighted by molar-refractivity contribution is 6.01. The van der Waals surface area contributed by atoms with Crippen LogP contribution >= 0.6 is 0 Å². The number of Topliss-reactive ketones (excluding diaryl/α,β-unsaturated/α-hetero) is 1. The molecule has 2 aromatic rings. The normalized spacial score (nSPS) is 10.2. The third kappa shape index (κ3) is 4.35. The van der Waals surface area contributed by atoms with E-state index in [0.717, 1.165) is 11.1 Å². The van der Waals surface area contributed by atoms with Crippen molar-refractivity contribution in [1.29, 1.82) is 0 Å². The molecule has 0 aliphatic carbocycles. The van der Waals surface area contributed by atoms with E-state index in [1.165, 1.54) is 13.2 Å². The van der Waals surface area contributed by atoms with Gasteiger partial charge in [-0.3, -0.25) is 4.79 Å². The van der Waals surface area contributed by atoms with E-state index in [2.05, 4.69) is 4.74 Å². The van der Waals surface area contributed by atoms with E-state index in [-0.39, 0.29) is 35.9 Å². The highest BCUT2D eigenvalue weighted by atomic mass is 16.6. The molecular formula is C19H20O5. The van der Waals surface area contributed by atoms with Gasteiger partial charge in [-0.2, -0.15) is 0 Å². The largest absolute Gasteiger partial charge is 0.507 e. The SMILES string of the molecule is COC(=O)COc1cccc(O)c1C(=O)CCc1ccccc1C. The van der Waals surface area contributed by atoms with E-state index in [0.29, 0.717) is 6.42 Å². The van der Waals surface area contributed by atoms with E-state index in [4.69, 9.17) is 4.74 Å². The van der Waals surface area contributed by atoms with Crippen molar-refractivity contribution in [2.75, 3.05) is 13.7 Å². The summed E-state index contributed by atoms with van der Waals surface area (Å²) in [6.07, 6.45) is 0.799. The Morgan fingerprint density at radius 3 is 2.54 bits per heavy atom. The number of rotatable bonds is 7. The molecule has 0 fully saturated rings. The first-order chi connectivity index (χ1) is 11.5. The van der Waals surface area contributed by atoms with Crippen molar-refractivity contribution in [3.8, 4) is 11.5 Å². The second-order valence-corrected chi connectivity index (χ2v) is 5.36. The van der Waals surface area contributed by atoms with Crippen LogP contribution in [-0.4, -0.2) is 30.6 Å². The van der Waals surface area contributed by atoms with Crippen LogP contribution in [0, 0.1) is 6.92 Å². The van der Waals surface area contributed by atoms with Crippen LogP contribution < -0.4 is 4.74 Å². The van der Waals surface area contributed by atoms with Crippen LogP contribution in [0.3, 0.4) is 0 Å². The Morgan fingerprint density at radius 2 is 1.83 bits per heavy atom. The Balaban J connectivity index is 2.13. The number of benzene rings is 2. The smallest absolute Gasteiger partial charge is 0.343 e. The molecule has 24 heavy (non-hydrogen) atoms. The number of ketones is 1. The molecule has 5 nitrogen and oxygen atoms in total. The van der Waals surface area contributed by atoms with Crippen LogP contribution in [0.25, 0.3) is 0 Å². The molecule has 126 valence electrons. The van der Waals surface area contributed by atoms with Crippen molar-refractivity contribution in [1.82, 2.24) is 0 Å². The molecule has 0 heterocycles. The monoisotopic (exact) mass is 328 g/mol. The van der Waals surface area contributed by atoms with E-state index in [1.54, 1.807) is 12.1 Å². The Kier molecular flexibility index (Phi) is 5.95. The van der Waals surface area contributed by atoms with Gasteiger partial charge in [-0.05, 0) is 36.6 Å². The lowest BCUT2D eigenvalue weighted by Gasteiger charge is -2.12. The molecule has 0 saturated carbocycles. The average Bonchev–Trinajstić information content (AvgIpc) is 2.58. The minimum absolute atomic E-state index is 0.0926. The summed E-state index contributed by atoms with van der Waals surface area (Å²) < 4.78 is 9.82. The first kappa shape index (κ1) is 17.5. The second kappa shape index (κ2) is 8.15. The molecule has 0 unspecified atom stereocenters. The third-order valence-corrected chi connectivity index (χ3v) is 3.74. The second-order valence-electron chi connectivity index (χ2n) is 5.36. The number of carbonyl (C=O) groups excluding carboxylic acids is 2. The summed E-state index contributed by atoms with van der Waals surface area (Å²) in [6, 6.07) is 12.4. The fourth-order valence-electron chi connectivity index (χ4n) is 2.38. The molecule has 0 bridgehead atoms. The summed E-state index contributed by atoms with van der Waals surface area (Å²) in [5, 5.41) is 10.0. The van der Waals surface area contributed by atoms with Crippen molar-refractivity contribution in [2.45, 2.75) is 19.8 Å². The number of methoxy groups -OCH3 is 1. The lowest BCUT2D eigenvalue weighted by atomic mass is 9.99. The Bertz CT molecular complexity index is 736. The Hall–Kier alpha value is -2.82. The Labute approximate surface area is 140 Å². The number of hydrogen-bond donors (Lipinski definition) is 1. The van der Waals surface area contributed by atoms with Gasteiger partial charge in [0.15, 0.2) is 12.4 Å². The molecule has 0 atom stereocenters. The molecule has 2 aromatic carbocycles. The number of aromatic hydroxyl groups is 1. The van der Waals surface area contributed by atoms with Crippen LogP contribution in [0.1, 0.15) is 27.9 Å². The average molecular weight is 328 g/mol. The van der Waals surface area contributed by atoms with E-state index in [1.807, 2.05) is 31.2 Å². The summed E-state index contributed by atoms with van der Waals surface area (Å²) in [7, 11) is 1.25. The molecule has 0 saturated heterocycles. The predicted molar refractivity (Wildman–Crippen MR) is 89.4 cm³/mol. The molecule has 1 N–H and O–H groups in total. The molecule has 0 spiro atoms. The van der Waals surface area contributed by atoms with Gasteiger partial charge in [-0.25, -0.2) is 4.79 Å². The number of aryl methyl sites for hydroxylation is 2. The van der Waals surface area contributed by atoms with Gasteiger partial charge in [0.25, 0.3) is 0 Å². The summed E-state index contributed by atoms with van der Waals surface area (Å²) in [5.41, 5.74) is 2.29. The minimum atomic E-state index is -0.559. The zero-order chi connectivity index (χ0) is 17.5. The van der Waals surface area contributed by atoms with Crippen LogP contribution in [0.4, 0.5) is 0 Å². The lowest BCUT2D eigenvalue weighted by Crippen LogP contribution is -2.14. The van der Waals surface area contributed by atoms with Crippen LogP contribution in [0.5, 0.6) is 11.5 Å². The van der Waals surface area contributed by atoms with Crippen LogP contribution in [0.15, 0.2) is 42.5 Å². The van der Waals surface area contributed by atoms with Gasteiger partial charge in [0.1, 0.15) is 17.1 Å². The number of phenolic OH excluding ortho intramolecular Hbond substituents is 1. The highest BCUT2D eigenvalue weighted by Gasteiger charge is 2.18. The maximum absolute atomic E-state index is 12.5. The first-order valence-corrected chi connectivity index (χ1v) is 7.62. The minimum Gasteiger partial charge on any atom is -0.507 e. The van der Waals surface area contributed by atoms with E-state index in [9.17, 15) is 14.7 Å². The number of carbonyl (C=O) groups is 2. The predicted octanol–water partition coefficient (Wildman–Crippen LogP) is 3.07. The summed E-state index contributed by atoms with van der Waals surface area (Å²) in [4.78, 5) is 23.7. The van der Waals surface area contributed by atoms with Crippen molar-refractivity contribution in [3.05, 3.63) is 59.2 Å². The van der Waals surface area contributed by atoms with Gasteiger partial charge in [0, 0.05) is 6.42 Å². The molecule has 0 radical (unpaired) electrons. The van der Waals surface area contributed by atoms with Gasteiger partial charge in [0.2, 0.25) is 0 Å². The van der Waals surface area contributed by atoms with Gasteiger partial charge in [-0.15, -0.1) is 0 Å². The maximum atomic E-state index is 12.5. The molecule has 0 amide bonds. The molecule has 0 aliphatic heterocycles. The molecular weight excluding hydrogens is 308 g/mol. The molecule has 0 aliphatic rings. The van der Waals surface area contributed by atoms with Crippen molar-refractivity contribution in [3.63, 3.8) is 0 Å². The third-order valence-electron chi connectivity index (χ3n) is 3.74. The van der Waals surface area contributed by atoms with Gasteiger partial charge >= 0.3 is 5.97 Å². The summed E-state index contributed by atoms with van der Waals surface area (Å²) >= 11 is 0. The fourth-order valence-corrected chi connectivity index (χ4v) is 2.38. The number of esters is 1. The van der Waals surface area contributed by atoms with Crippen molar-refractivity contribution in [2.24, 2.45) is 0 Å². The first-order valence-electron chi connectivity index (χ1n) is 7.62. The van der Waals surface area contributed by atoms with Gasteiger partial charge in [-0.1, -0.05) is 30.3 Å². The standard InChI is InChI=1S/C19H20O5/c1-13-6-3-4-7-14(13)10-11-16(21)19-15(20)8-5-9-17(19)24-12-18(22)23-2/h3-9,20H,10-12H2,1-2H3. The highest BCUT2D eigenvalue weighted by Crippen LogP contribution is 2.29. The number of ether oxygens (including phenoxy) is 2. The van der Waals surface area contributed by atoms with Crippen molar-refractivity contribution < 1.29 is 24.2 Å². The zero-order valence-corrected chi connectivity index (χ0v) is 13.7. The molecule has 5 heteroatoms.